The number of nitro benzene ring substituents is 1. The number of nitro groups is 1. The van der Waals surface area contributed by atoms with Crippen LogP contribution in [0.25, 0.3) is 0 Å². The Morgan fingerprint density at radius 2 is 1.81 bits per heavy atom. The predicted molar refractivity (Wildman–Crippen MR) is 105 cm³/mol. The molecule has 7 heteroatoms. The largest absolute Gasteiger partial charge is 0.494 e. The van der Waals surface area contributed by atoms with Crippen LogP contribution in [-0.2, 0) is 4.79 Å². The Morgan fingerprint density at radius 3 is 2.41 bits per heavy atom. The molecular weight excluding hydrogens is 346 g/mol. The SMILES string of the molecule is CCOc1ccc(C(C)NC(=O)CCCNc2ccc([N+](=O)[O-])cc2)cc1. The summed E-state index contributed by atoms with van der Waals surface area (Å²) in [4.78, 5) is 22.3. The number of hydrogen-bond donors (Lipinski definition) is 2. The minimum Gasteiger partial charge on any atom is -0.494 e. The van der Waals surface area contributed by atoms with Crippen LogP contribution >= 0.6 is 0 Å². The van der Waals surface area contributed by atoms with Crippen LogP contribution in [0.4, 0.5) is 11.4 Å². The summed E-state index contributed by atoms with van der Waals surface area (Å²) >= 11 is 0. The van der Waals surface area contributed by atoms with Gasteiger partial charge in [0.15, 0.2) is 0 Å². The van der Waals surface area contributed by atoms with Crippen LogP contribution in [0.15, 0.2) is 48.5 Å². The lowest BCUT2D eigenvalue weighted by molar-refractivity contribution is -0.384. The van der Waals surface area contributed by atoms with E-state index in [9.17, 15) is 14.9 Å². The van der Waals surface area contributed by atoms with Gasteiger partial charge in [-0.25, -0.2) is 0 Å². The van der Waals surface area contributed by atoms with Gasteiger partial charge in [-0.1, -0.05) is 12.1 Å². The molecule has 27 heavy (non-hydrogen) atoms. The van der Waals surface area contributed by atoms with Crippen molar-refractivity contribution in [2.75, 3.05) is 18.5 Å². The summed E-state index contributed by atoms with van der Waals surface area (Å²) in [5.41, 5.74) is 1.88. The number of non-ortho nitro benzene ring substituents is 1. The smallest absolute Gasteiger partial charge is 0.269 e. The molecule has 1 amide bonds. The lowest BCUT2D eigenvalue weighted by atomic mass is 10.1. The van der Waals surface area contributed by atoms with Crippen molar-refractivity contribution < 1.29 is 14.5 Å². The fraction of sp³-hybridized carbons (Fsp3) is 0.350. The third-order valence-electron chi connectivity index (χ3n) is 4.06. The van der Waals surface area contributed by atoms with Crippen molar-refractivity contribution in [2.24, 2.45) is 0 Å². The number of benzene rings is 2. The average Bonchev–Trinajstić information content (AvgIpc) is 2.66. The van der Waals surface area contributed by atoms with E-state index in [0.717, 1.165) is 17.0 Å². The molecule has 0 saturated carbocycles. The quantitative estimate of drug-likeness (QED) is 0.373. The van der Waals surface area contributed by atoms with Gasteiger partial charge in [-0.05, 0) is 50.1 Å². The van der Waals surface area contributed by atoms with Crippen molar-refractivity contribution in [1.82, 2.24) is 5.32 Å². The van der Waals surface area contributed by atoms with Crippen molar-refractivity contribution in [1.29, 1.82) is 0 Å². The molecule has 1 unspecified atom stereocenters. The maximum atomic E-state index is 12.1. The number of rotatable bonds is 10. The van der Waals surface area contributed by atoms with Gasteiger partial charge in [0, 0.05) is 30.8 Å². The normalized spacial score (nSPS) is 11.5. The molecule has 0 aliphatic carbocycles. The molecule has 0 aliphatic rings. The zero-order valence-corrected chi connectivity index (χ0v) is 15.6. The summed E-state index contributed by atoms with van der Waals surface area (Å²) in [7, 11) is 0. The van der Waals surface area contributed by atoms with E-state index < -0.39 is 4.92 Å². The number of amides is 1. The lowest BCUT2D eigenvalue weighted by Gasteiger charge is -2.15. The van der Waals surface area contributed by atoms with E-state index in [4.69, 9.17) is 4.74 Å². The third-order valence-corrected chi connectivity index (χ3v) is 4.06. The molecule has 2 N–H and O–H groups in total. The Kier molecular flexibility index (Phi) is 7.61. The number of carbonyl (C=O) groups is 1. The first kappa shape index (κ1) is 20.2. The number of anilines is 1. The molecule has 0 heterocycles. The Balaban J connectivity index is 1.70. The highest BCUT2D eigenvalue weighted by atomic mass is 16.6. The van der Waals surface area contributed by atoms with E-state index in [1.54, 1.807) is 12.1 Å². The molecular formula is C20H25N3O4. The van der Waals surface area contributed by atoms with E-state index in [1.807, 2.05) is 38.1 Å². The van der Waals surface area contributed by atoms with E-state index in [0.29, 0.717) is 26.0 Å². The molecule has 0 radical (unpaired) electrons. The molecule has 2 rings (SSSR count). The Morgan fingerprint density at radius 1 is 1.15 bits per heavy atom. The summed E-state index contributed by atoms with van der Waals surface area (Å²) in [6.45, 7) is 5.12. The first-order valence-electron chi connectivity index (χ1n) is 9.00. The molecule has 0 bridgehead atoms. The topological polar surface area (TPSA) is 93.5 Å². The summed E-state index contributed by atoms with van der Waals surface area (Å²) in [6, 6.07) is 13.8. The molecule has 7 nitrogen and oxygen atoms in total. The van der Waals surface area contributed by atoms with E-state index in [1.165, 1.54) is 12.1 Å². The van der Waals surface area contributed by atoms with Gasteiger partial charge in [0.25, 0.3) is 5.69 Å². The second kappa shape index (κ2) is 10.2. The fourth-order valence-corrected chi connectivity index (χ4v) is 2.60. The minimum absolute atomic E-state index is 0.0121. The molecule has 2 aromatic rings. The first-order valence-corrected chi connectivity index (χ1v) is 9.00. The minimum atomic E-state index is -0.431. The molecule has 144 valence electrons. The molecule has 0 saturated heterocycles. The van der Waals surface area contributed by atoms with Crippen LogP contribution in [-0.4, -0.2) is 24.0 Å². The molecule has 0 spiro atoms. The van der Waals surface area contributed by atoms with Gasteiger partial charge < -0.3 is 15.4 Å². The highest BCUT2D eigenvalue weighted by molar-refractivity contribution is 5.76. The zero-order chi connectivity index (χ0) is 19.6. The second-order valence-electron chi connectivity index (χ2n) is 6.13. The van der Waals surface area contributed by atoms with Gasteiger partial charge in [-0.3, -0.25) is 14.9 Å². The van der Waals surface area contributed by atoms with Crippen molar-refractivity contribution in [2.45, 2.75) is 32.7 Å². The van der Waals surface area contributed by atoms with Gasteiger partial charge in [0.1, 0.15) is 5.75 Å². The zero-order valence-electron chi connectivity index (χ0n) is 15.6. The predicted octanol–water partition coefficient (Wildman–Crippen LogP) is 4.06. The Hall–Kier alpha value is -3.09. The fourth-order valence-electron chi connectivity index (χ4n) is 2.60. The summed E-state index contributed by atoms with van der Waals surface area (Å²) < 4.78 is 5.41. The third kappa shape index (κ3) is 6.62. The maximum Gasteiger partial charge on any atom is 0.269 e. The molecule has 2 aromatic carbocycles. The maximum absolute atomic E-state index is 12.1. The van der Waals surface area contributed by atoms with Crippen LogP contribution in [0.5, 0.6) is 5.75 Å². The van der Waals surface area contributed by atoms with Crippen molar-refractivity contribution in [3.8, 4) is 5.75 Å². The van der Waals surface area contributed by atoms with Gasteiger partial charge in [-0.2, -0.15) is 0 Å². The molecule has 0 aliphatic heterocycles. The van der Waals surface area contributed by atoms with Crippen molar-refractivity contribution in [3.05, 3.63) is 64.2 Å². The standard InChI is InChI=1S/C20H25N3O4/c1-3-27-19-12-6-16(7-13-19)15(2)22-20(24)5-4-14-21-17-8-10-18(11-9-17)23(25)26/h6-13,15,21H,3-5,14H2,1-2H3,(H,22,24). The number of hydrogen-bond acceptors (Lipinski definition) is 5. The van der Waals surface area contributed by atoms with E-state index in [-0.39, 0.29) is 17.6 Å². The van der Waals surface area contributed by atoms with Gasteiger partial charge in [-0.15, -0.1) is 0 Å². The van der Waals surface area contributed by atoms with Crippen LogP contribution in [0, 0.1) is 10.1 Å². The van der Waals surface area contributed by atoms with Crippen LogP contribution < -0.4 is 15.4 Å². The van der Waals surface area contributed by atoms with Crippen molar-refractivity contribution in [3.63, 3.8) is 0 Å². The number of nitrogens with one attached hydrogen (secondary N) is 2. The van der Waals surface area contributed by atoms with Crippen molar-refractivity contribution >= 4 is 17.3 Å². The van der Waals surface area contributed by atoms with Crippen LogP contribution in [0.3, 0.4) is 0 Å². The summed E-state index contributed by atoms with van der Waals surface area (Å²) in [5, 5.41) is 16.8. The Bertz CT molecular complexity index is 745. The monoisotopic (exact) mass is 371 g/mol. The highest BCUT2D eigenvalue weighted by Crippen LogP contribution is 2.18. The lowest BCUT2D eigenvalue weighted by Crippen LogP contribution is -2.26. The number of ether oxygens (including phenoxy) is 1. The number of nitrogens with zero attached hydrogens (tertiary/aromatic N) is 1. The number of carbonyl (C=O) groups excluding carboxylic acids is 1. The highest BCUT2D eigenvalue weighted by Gasteiger charge is 2.09. The summed E-state index contributed by atoms with van der Waals surface area (Å²) in [5.74, 6) is 0.805. The molecule has 0 aromatic heterocycles. The van der Waals surface area contributed by atoms with Gasteiger partial charge in [0.05, 0.1) is 17.6 Å². The Labute approximate surface area is 158 Å². The first-order chi connectivity index (χ1) is 13.0. The van der Waals surface area contributed by atoms with Gasteiger partial charge >= 0.3 is 0 Å². The molecule has 0 fully saturated rings. The van der Waals surface area contributed by atoms with Crippen LogP contribution in [0.2, 0.25) is 0 Å². The summed E-state index contributed by atoms with van der Waals surface area (Å²) in [6.07, 6.45) is 1.07. The van der Waals surface area contributed by atoms with Gasteiger partial charge in [0.2, 0.25) is 5.91 Å². The van der Waals surface area contributed by atoms with E-state index >= 15 is 0 Å². The van der Waals surface area contributed by atoms with E-state index in [2.05, 4.69) is 10.6 Å². The molecule has 1 atom stereocenters. The average molecular weight is 371 g/mol. The van der Waals surface area contributed by atoms with Crippen LogP contribution in [0.1, 0.15) is 38.3 Å². The second-order valence-corrected chi connectivity index (χ2v) is 6.13.